The molecule has 0 aliphatic heterocycles. The van der Waals surface area contributed by atoms with Crippen LogP contribution in [0.25, 0.3) is 0 Å². The zero-order valence-corrected chi connectivity index (χ0v) is 13.1. The number of halogens is 2. The normalized spacial score (nSPS) is 14.2. The molecule has 2 atom stereocenters. The van der Waals surface area contributed by atoms with E-state index in [-0.39, 0.29) is 18.2 Å². The maximum Gasteiger partial charge on any atom is 0.408 e. The van der Waals surface area contributed by atoms with Gasteiger partial charge in [0.05, 0.1) is 5.92 Å². The summed E-state index contributed by atoms with van der Waals surface area (Å²) < 4.78 is 5.00. The van der Waals surface area contributed by atoms with Crippen LogP contribution < -0.4 is 5.32 Å². The number of ether oxygens (including phenoxy) is 1. The maximum absolute atomic E-state index is 11.9. The summed E-state index contributed by atoms with van der Waals surface area (Å²) in [7, 11) is 0. The first-order valence-electron chi connectivity index (χ1n) is 5.97. The van der Waals surface area contributed by atoms with Crippen molar-refractivity contribution in [2.24, 2.45) is 5.92 Å². The van der Waals surface area contributed by atoms with E-state index in [0.717, 1.165) is 0 Å². The van der Waals surface area contributed by atoms with Gasteiger partial charge in [0.25, 0.3) is 0 Å². The molecule has 0 aromatic heterocycles. The lowest BCUT2D eigenvalue weighted by Crippen LogP contribution is -2.45. The molecule has 0 aromatic rings. The van der Waals surface area contributed by atoms with Crippen LogP contribution in [0.4, 0.5) is 4.79 Å². The Kier molecular flexibility index (Phi) is 7.90. The molecule has 8 heteroatoms. The van der Waals surface area contributed by atoms with Gasteiger partial charge in [0.15, 0.2) is 5.78 Å². The van der Waals surface area contributed by atoms with E-state index in [4.69, 9.17) is 33.0 Å². The van der Waals surface area contributed by atoms with E-state index in [1.54, 1.807) is 20.8 Å². The zero-order chi connectivity index (χ0) is 15.9. The smallest absolute Gasteiger partial charge is 0.408 e. The van der Waals surface area contributed by atoms with Crippen molar-refractivity contribution in [3.63, 3.8) is 0 Å². The number of carboxylic acids is 1. The number of hydrogen-bond donors (Lipinski definition) is 2. The molecule has 2 N–H and O–H groups in total. The molecular weight excluding hydrogens is 309 g/mol. The SMILES string of the molecule is CC(C)(C)OC(=O)N[C@@H](CCl)C(=O)C[C@@H](CCl)C(=O)O. The second-order valence-corrected chi connectivity index (χ2v) is 5.83. The summed E-state index contributed by atoms with van der Waals surface area (Å²) >= 11 is 11.1. The molecule has 0 fully saturated rings. The Bertz CT molecular complexity index is 367. The Hall–Kier alpha value is -1.01. The predicted molar refractivity (Wildman–Crippen MR) is 75.3 cm³/mol. The van der Waals surface area contributed by atoms with Crippen molar-refractivity contribution in [1.82, 2.24) is 5.32 Å². The zero-order valence-electron chi connectivity index (χ0n) is 11.6. The molecule has 0 unspecified atom stereocenters. The quantitative estimate of drug-likeness (QED) is 0.698. The molecule has 0 aromatic carbocycles. The first kappa shape index (κ1) is 19.0. The van der Waals surface area contributed by atoms with Crippen molar-refractivity contribution >= 4 is 41.0 Å². The van der Waals surface area contributed by atoms with E-state index in [9.17, 15) is 14.4 Å². The van der Waals surface area contributed by atoms with Gasteiger partial charge in [-0.25, -0.2) is 4.79 Å². The van der Waals surface area contributed by atoms with Crippen LogP contribution in [-0.4, -0.2) is 46.4 Å². The fraction of sp³-hybridized carbons (Fsp3) is 0.750. The Morgan fingerprint density at radius 2 is 1.75 bits per heavy atom. The first-order chi connectivity index (χ1) is 9.10. The molecule has 0 bridgehead atoms. The van der Waals surface area contributed by atoms with Crippen LogP contribution in [0.3, 0.4) is 0 Å². The lowest BCUT2D eigenvalue weighted by molar-refractivity contribution is -0.143. The summed E-state index contributed by atoms with van der Waals surface area (Å²) in [5.41, 5.74) is -0.705. The highest BCUT2D eigenvalue weighted by molar-refractivity contribution is 6.20. The Morgan fingerprint density at radius 3 is 2.10 bits per heavy atom. The van der Waals surface area contributed by atoms with E-state index in [1.165, 1.54) is 0 Å². The van der Waals surface area contributed by atoms with Gasteiger partial charge in [-0.2, -0.15) is 0 Å². The largest absolute Gasteiger partial charge is 0.481 e. The lowest BCUT2D eigenvalue weighted by atomic mass is 10.0. The molecule has 0 radical (unpaired) electrons. The number of hydrogen-bond acceptors (Lipinski definition) is 4. The number of nitrogens with one attached hydrogen (secondary N) is 1. The van der Waals surface area contributed by atoms with Crippen LogP contribution in [0, 0.1) is 5.92 Å². The Balaban J connectivity index is 4.56. The number of carbonyl (C=O) groups excluding carboxylic acids is 2. The summed E-state index contributed by atoms with van der Waals surface area (Å²) in [6, 6.07) is -1.00. The van der Waals surface area contributed by atoms with Crippen molar-refractivity contribution in [3.8, 4) is 0 Å². The Labute approximate surface area is 127 Å². The van der Waals surface area contributed by atoms with E-state index in [2.05, 4.69) is 5.32 Å². The van der Waals surface area contributed by atoms with Crippen molar-refractivity contribution < 1.29 is 24.2 Å². The van der Waals surface area contributed by atoms with Crippen LogP contribution in [0.15, 0.2) is 0 Å². The monoisotopic (exact) mass is 327 g/mol. The third kappa shape index (κ3) is 7.55. The van der Waals surface area contributed by atoms with Gasteiger partial charge in [0, 0.05) is 18.2 Å². The number of rotatable bonds is 7. The number of Topliss-reactive ketones (excluding diaryl/α,β-unsaturated/α-hetero) is 1. The number of ketones is 1. The van der Waals surface area contributed by atoms with Gasteiger partial charge in [-0.3, -0.25) is 9.59 Å². The molecule has 6 nitrogen and oxygen atoms in total. The summed E-state index contributed by atoms with van der Waals surface area (Å²) in [5.74, 6) is -3.04. The Morgan fingerprint density at radius 1 is 1.20 bits per heavy atom. The van der Waals surface area contributed by atoms with Crippen LogP contribution in [0.2, 0.25) is 0 Å². The number of carboxylic acid groups (broad SMARTS) is 1. The topological polar surface area (TPSA) is 92.7 Å². The van der Waals surface area contributed by atoms with Gasteiger partial charge >= 0.3 is 12.1 Å². The summed E-state index contributed by atoms with van der Waals surface area (Å²) in [4.78, 5) is 34.2. The number of carbonyl (C=O) groups is 3. The van der Waals surface area contributed by atoms with Crippen molar-refractivity contribution in [2.75, 3.05) is 11.8 Å². The molecule has 0 saturated carbocycles. The highest BCUT2D eigenvalue weighted by Gasteiger charge is 2.27. The van der Waals surface area contributed by atoms with Gasteiger partial charge in [-0.15, -0.1) is 23.2 Å². The molecule has 0 aliphatic carbocycles. The van der Waals surface area contributed by atoms with Gasteiger partial charge in [-0.1, -0.05) is 0 Å². The van der Waals surface area contributed by atoms with Gasteiger partial charge in [0.2, 0.25) is 0 Å². The number of alkyl halides is 2. The average molecular weight is 328 g/mol. The van der Waals surface area contributed by atoms with Gasteiger partial charge in [0.1, 0.15) is 11.6 Å². The summed E-state index contributed by atoms with van der Waals surface area (Å²) in [6.45, 7) is 5.04. The third-order valence-electron chi connectivity index (χ3n) is 2.22. The number of aliphatic carboxylic acids is 1. The van der Waals surface area contributed by atoms with E-state index in [0.29, 0.717) is 0 Å². The second-order valence-electron chi connectivity index (χ2n) is 5.21. The highest BCUT2D eigenvalue weighted by atomic mass is 35.5. The molecule has 0 saturated heterocycles. The molecule has 20 heavy (non-hydrogen) atoms. The molecule has 0 aliphatic rings. The molecule has 0 spiro atoms. The average Bonchev–Trinajstić information content (AvgIpc) is 2.29. The van der Waals surface area contributed by atoms with E-state index < -0.39 is 35.4 Å². The minimum Gasteiger partial charge on any atom is -0.481 e. The van der Waals surface area contributed by atoms with Crippen LogP contribution in [0.5, 0.6) is 0 Å². The fourth-order valence-electron chi connectivity index (χ4n) is 1.25. The molecule has 0 rings (SSSR count). The van der Waals surface area contributed by atoms with Crippen LogP contribution in [0.1, 0.15) is 27.2 Å². The minimum atomic E-state index is -1.17. The predicted octanol–water partition coefficient (Wildman–Crippen LogP) is 2.02. The second kappa shape index (κ2) is 8.32. The van der Waals surface area contributed by atoms with Crippen molar-refractivity contribution in [3.05, 3.63) is 0 Å². The first-order valence-corrected chi connectivity index (χ1v) is 7.04. The van der Waals surface area contributed by atoms with Crippen LogP contribution in [-0.2, 0) is 14.3 Å². The molecule has 116 valence electrons. The summed E-state index contributed by atoms with van der Waals surface area (Å²) in [5, 5.41) is 11.1. The highest BCUT2D eigenvalue weighted by Crippen LogP contribution is 2.11. The minimum absolute atomic E-state index is 0.174. The van der Waals surface area contributed by atoms with Crippen molar-refractivity contribution in [1.29, 1.82) is 0 Å². The number of alkyl carbamates (subject to hydrolysis) is 1. The third-order valence-corrected chi connectivity index (χ3v) is 2.90. The number of amides is 1. The van der Waals surface area contributed by atoms with Crippen molar-refractivity contribution in [2.45, 2.75) is 38.8 Å². The van der Waals surface area contributed by atoms with Crippen LogP contribution >= 0.6 is 23.2 Å². The van der Waals surface area contributed by atoms with E-state index >= 15 is 0 Å². The fourth-order valence-corrected chi connectivity index (χ4v) is 1.74. The van der Waals surface area contributed by atoms with Gasteiger partial charge < -0.3 is 15.2 Å². The molecule has 0 heterocycles. The molecular formula is C12H19Cl2NO5. The standard InChI is InChI=1S/C12H19Cl2NO5/c1-12(2,3)20-11(19)15-8(6-14)9(16)4-7(5-13)10(17)18/h7-8H,4-6H2,1-3H3,(H,15,19)(H,17,18)/t7-,8-/m0/s1. The molecule has 1 amide bonds. The maximum atomic E-state index is 11.9. The lowest BCUT2D eigenvalue weighted by Gasteiger charge is -2.22. The van der Waals surface area contributed by atoms with Gasteiger partial charge in [-0.05, 0) is 20.8 Å². The van der Waals surface area contributed by atoms with E-state index in [1.807, 2.05) is 0 Å². The summed E-state index contributed by atoms with van der Waals surface area (Å²) in [6.07, 6.45) is -1.08.